The van der Waals surface area contributed by atoms with Gasteiger partial charge in [-0.15, -0.1) is 0 Å². The van der Waals surface area contributed by atoms with Crippen LogP contribution < -0.4 is 0 Å². The van der Waals surface area contributed by atoms with Gasteiger partial charge in [-0.25, -0.2) is 4.39 Å². The molecule has 6 heteroatoms. The van der Waals surface area contributed by atoms with Gasteiger partial charge in [-0.3, -0.25) is 4.79 Å². The minimum absolute atomic E-state index is 0.212. The normalized spacial score (nSPS) is 22.8. The fraction of sp³-hybridized carbons (Fsp3) is 0.632. The Morgan fingerprint density at radius 3 is 2.80 bits per heavy atom. The van der Waals surface area contributed by atoms with E-state index in [1.54, 1.807) is 12.1 Å². The highest BCUT2D eigenvalue weighted by Crippen LogP contribution is 2.29. The molecular weight excluding hydrogens is 359 g/mol. The Morgan fingerprint density at radius 2 is 2.08 bits per heavy atom. The Morgan fingerprint density at radius 1 is 1.32 bits per heavy atom. The van der Waals surface area contributed by atoms with E-state index in [1.165, 1.54) is 17.8 Å². The van der Waals surface area contributed by atoms with Crippen LogP contribution in [0.15, 0.2) is 18.2 Å². The second kappa shape index (κ2) is 8.74. The molecule has 2 saturated heterocycles. The van der Waals surface area contributed by atoms with Crippen LogP contribution in [-0.4, -0.2) is 53.0 Å². The Kier molecular flexibility index (Phi) is 6.64. The van der Waals surface area contributed by atoms with Crippen LogP contribution in [0.3, 0.4) is 0 Å². The lowest BCUT2D eigenvalue weighted by Crippen LogP contribution is -2.39. The lowest BCUT2D eigenvalue weighted by atomic mass is 9.90. The monoisotopic (exact) mass is 384 g/mol. The van der Waals surface area contributed by atoms with E-state index in [0.717, 1.165) is 64.0 Å². The minimum atomic E-state index is -0.212. The minimum Gasteiger partial charge on any atom is -0.332 e. The van der Waals surface area contributed by atoms with E-state index in [2.05, 4.69) is 11.8 Å². The molecular formula is C19H26ClFN2OS. The Hall–Kier alpha value is -0.780. The predicted molar refractivity (Wildman–Crippen MR) is 103 cm³/mol. The van der Waals surface area contributed by atoms with E-state index in [1.807, 2.05) is 4.90 Å². The summed E-state index contributed by atoms with van der Waals surface area (Å²) in [5.74, 6) is 0.349. The summed E-state index contributed by atoms with van der Waals surface area (Å²) in [6, 6.07) is 4.63. The fourth-order valence-electron chi connectivity index (χ4n) is 3.79. The van der Waals surface area contributed by atoms with Gasteiger partial charge in [0.15, 0.2) is 0 Å². The summed E-state index contributed by atoms with van der Waals surface area (Å²) in [4.78, 5) is 16.4. The number of benzene rings is 1. The van der Waals surface area contributed by atoms with Gasteiger partial charge in [-0.1, -0.05) is 30.3 Å². The molecule has 0 saturated carbocycles. The lowest BCUT2D eigenvalue weighted by Gasteiger charge is -2.33. The van der Waals surface area contributed by atoms with Crippen LogP contribution >= 0.6 is 23.4 Å². The van der Waals surface area contributed by atoms with Crippen LogP contribution in [0.5, 0.6) is 0 Å². The molecule has 1 amide bonds. The van der Waals surface area contributed by atoms with Crippen molar-refractivity contribution in [3.8, 4) is 0 Å². The summed E-state index contributed by atoms with van der Waals surface area (Å²) in [6.07, 6.45) is 4.09. The molecule has 0 spiro atoms. The molecule has 2 heterocycles. The van der Waals surface area contributed by atoms with E-state index in [-0.39, 0.29) is 11.1 Å². The zero-order valence-corrected chi connectivity index (χ0v) is 16.3. The third-order valence-electron chi connectivity index (χ3n) is 5.13. The van der Waals surface area contributed by atoms with Crippen molar-refractivity contribution in [1.29, 1.82) is 0 Å². The van der Waals surface area contributed by atoms with Gasteiger partial charge in [0.05, 0.1) is 0 Å². The number of thioether (sulfide) groups is 1. The molecule has 1 aromatic carbocycles. The number of halogens is 2. The first-order valence-corrected chi connectivity index (χ1v) is 10.4. The van der Waals surface area contributed by atoms with E-state index in [0.29, 0.717) is 16.2 Å². The van der Waals surface area contributed by atoms with E-state index in [4.69, 9.17) is 11.6 Å². The van der Waals surface area contributed by atoms with Gasteiger partial charge in [-0.05, 0) is 68.5 Å². The van der Waals surface area contributed by atoms with Crippen molar-refractivity contribution in [2.24, 2.45) is 5.92 Å². The number of nitrogens with zero attached hydrogens (tertiary/aromatic N) is 2. The molecule has 3 rings (SSSR count). The first kappa shape index (κ1) is 19.0. The smallest absolute Gasteiger partial charge is 0.282 e. The number of piperidine rings is 1. The van der Waals surface area contributed by atoms with Crippen molar-refractivity contribution in [2.45, 2.75) is 37.9 Å². The highest BCUT2D eigenvalue weighted by atomic mass is 35.5. The molecule has 2 aliphatic heterocycles. The second-order valence-corrected chi connectivity index (χ2v) is 8.79. The maximum absolute atomic E-state index is 13.4. The molecule has 25 heavy (non-hydrogen) atoms. The summed E-state index contributed by atoms with van der Waals surface area (Å²) in [5.41, 5.74) is 0.923. The number of carbonyl (C=O) groups is 1. The summed E-state index contributed by atoms with van der Waals surface area (Å²) in [6.45, 7) is 6.97. The number of amides is 1. The van der Waals surface area contributed by atoms with Crippen molar-refractivity contribution in [3.63, 3.8) is 0 Å². The molecule has 1 aromatic rings. The Balaban J connectivity index is 1.45. The van der Waals surface area contributed by atoms with Crippen molar-refractivity contribution >= 4 is 28.6 Å². The van der Waals surface area contributed by atoms with Crippen LogP contribution in [0.2, 0.25) is 5.02 Å². The number of hydrogen-bond donors (Lipinski definition) is 0. The van der Waals surface area contributed by atoms with Gasteiger partial charge in [0.2, 0.25) is 0 Å². The zero-order chi connectivity index (χ0) is 17.8. The molecule has 2 aliphatic rings. The van der Waals surface area contributed by atoms with Crippen LogP contribution in [-0.2, 0) is 6.42 Å². The van der Waals surface area contributed by atoms with Gasteiger partial charge >= 0.3 is 0 Å². The molecule has 0 aliphatic carbocycles. The molecule has 138 valence electrons. The number of rotatable bonds is 6. The maximum Gasteiger partial charge on any atom is 0.282 e. The molecule has 0 aromatic heterocycles. The maximum atomic E-state index is 13.4. The average molecular weight is 385 g/mol. The largest absolute Gasteiger partial charge is 0.332 e. The quantitative estimate of drug-likeness (QED) is 0.711. The highest BCUT2D eigenvalue weighted by molar-refractivity contribution is 8.14. The molecule has 0 radical (unpaired) electrons. The molecule has 0 bridgehead atoms. The third-order valence-corrected chi connectivity index (χ3v) is 6.59. The number of hydrogen-bond acceptors (Lipinski definition) is 3. The number of carbonyl (C=O) groups excluding carboxylic acids is 1. The van der Waals surface area contributed by atoms with Crippen LogP contribution in [0.1, 0.15) is 31.7 Å². The summed E-state index contributed by atoms with van der Waals surface area (Å²) < 4.78 is 13.4. The average Bonchev–Trinajstić information content (AvgIpc) is 2.93. The zero-order valence-electron chi connectivity index (χ0n) is 14.7. The van der Waals surface area contributed by atoms with Gasteiger partial charge in [0.1, 0.15) is 5.82 Å². The van der Waals surface area contributed by atoms with Crippen LogP contribution in [0.4, 0.5) is 9.18 Å². The summed E-state index contributed by atoms with van der Waals surface area (Å²) in [7, 11) is 0. The molecule has 1 atom stereocenters. The van der Waals surface area contributed by atoms with Crippen molar-refractivity contribution in [2.75, 3.05) is 32.7 Å². The molecule has 3 nitrogen and oxygen atoms in total. The predicted octanol–water partition coefficient (Wildman–Crippen LogP) is 4.68. The first-order chi connectivity index (χ1) is 12.0. The van der Waals surface area contributed by atoms with Gasteiger partial charge in [0, 0.05) is 29.9 Å². The molecule has 1 unspecified atom stereocenters. The lowest BCUT2D eigenvalue weighted by molar-refractivity contribution is 0.179. The van der Waals surface area contributed by atoms with E-state index < -0.39 is 0 Å². The Labute approximate surface area is 158 Å². The van der Waals surface area contributed by atoms with Crippen LogP contribution in [0.25, 0.3) is 0 Å². The highest BCUT2D eigenvalue weighted by Gasteiger charge is 2.32. The van der Waals surface area contributed by atoms with Crippen molar-refractivity contribution < 1.29 is 9.18 Å². The van der Waals surface area contributed by atoms with Gasteiger partial charge < -0.3 is 9.80 Å². The summed E-state index contributed by atoms with van der Waals surface area (Å²) >= 11 is 7.69. The molecule has 0 N–H and O–H groups in total. The van der Waals surface area contributed by atoms with Crippen LogP contribution in [0, 0.1) is 11.7 Å². The van der Waals surface area contributed by atoms with Crippen molar-refractivity contribution in [3.05, 3.63) is 34.6 Å². The van der Waals surface area contributed by atoms with Crippen molar-refractivity contribution in [1.82, 2.24) is 9.80 Å². The summed E-state index contributed by atoms with van der Waals surface area (Å²) in [5, 5.41) is 1.30. The second-order valence-electron chi connectivity index (χ2n) is 7.14. The number of likely N-dealkylation sites (tertiary alicyclic amines) is 1. The fourth-order valence-corrected chi connectivity index (χ4v) is 5.13. The topological polar surface area (TPSA) is 23.6 Å². The SMILES string of the molecule is CCCN1CC(CN2CCC(Cc3cc(F)ccc3Cl)CC2)SC1=O. The van der Waals surface area contributed by atoms with Gasteiger partial charge in [0.25, 0.3) is 5.24 Å². The van der Waals surface area contributed by atoms with E-state index >= 15 is 0 Å². The first-order valence-electron chi connectivity index (χ1n) is 9.17. The Bertz CT molecular complexity index is 607. The molecule has 2 fully saturated rings. The van der Waals surface area contributed by atoms with Gasteiger partial charge in [-0.2, -0.15) is 0 Å². The third kappa shape index (κ3) is 5.11. The van der Waals surface area contributed by atoms with E-state index in [9.17, 15) is 9.18 Å². The standard InChI is InChI=1S/C19H26ClFN2OS/c1-2-7-23-13-17(25-19(23)24)12-22-8-5-14(6-9-22)10-15-11-16(21)3-4-18(15)20/h3-4,11,14,17H,2,5-10,12-13H2,1H3.